The normalized spacial score (nSPS) is 12.5. The van der Waals surface area contributed by atoms with Crippen LogP contribution in [-0.4, -0.2) is 56.8 Å². The molecule has 0 saturated heterocycles. The Bertz CT molecular complexity index is 868. The number of hydrogen-bond acceptors (Lipinski definition) is 6. The van der Waals surface area contributed by atoms with Gasteiger partial charge in [-0.3, -0.25) is 9.59 Å². The summed E-state index contributed by atoms with van der Waals surface area (Å²) in [7, 11) is 2.06. The van der Waals surface area contributed by atoms with Crippen molar-refractivity contribution in [1.82, 2.24) is 30.1 Å². The highest BCUT2D eigenvalue weighted by atomic mass is 31.0. The van der Waals surface area contributed by atoms with E-state index in [0.29, 0.717) is 0 Å². The number of carbonyl (C=O) groups is 4. The van der Waals surface area contributed by atoms with Crippen molar-refractivity contribution < 1.29 is 24.0 Å². The molecular formula is C16H17N6O5P. The largest absolute Gasteiger partial charge is 0.454 e. The molecule has 1 aromatic heterocycles. The Morgan fingerprint density at radius 2 is 1.86 bits per heavy atom. The van der Waals surface area contributed by atoms with Gasteiger partial charge in [0.2, 0.25) is 0 Å². The summed E-state index contributed by atoms with van der Waals surface area (Å²) in [6.45, 7) is 0.161. The van der Waals surface area contributed by atoms with Gasteiger partial charge in [-0.15, -0.1) is 0 Å². The fourth-order valence-electron chi connectivity index (χ4n) is 2.59. The number of hydrazine groups is 1. The van der Waals surface area contributed by atoms with Crippen LogP contribution in [0.15, 0.2) is 43.0 Å². The predicted molar refractivity (Wildman–Crippen MR) is 98.7 cm³/mol. The summed E-state index contributed by atoms with van der Waals surface area (Å²) in [5.74, 6) is -1.25. The van der Waals surface area contributed by atoms with Crippen LogP contribution in [-0.2, 0) is 0 Å². The van der Waals surface area contributed by atoms with Crippen molar-refractivity contribution in [1.29, 1.82) is 0 Å². The highest BCUT2D eigenvalue weighted by Gasteiger charge is 2.41. The number of aromatic nitrogens is 2. The van der Waals surface area contributed by atoms with Crippen LogP contribution in [0.1, 0.15) is 27.1 Å². The molecule has 0 aliphatic carbocycles. The van der Waals surface area contributed by atoms with E-state index in [2.05, 4.69) is 24.8 Å². The van der Waals surface area contributed by atoms with Gasteiger partial charge in [-0.1, -0.05) is 12.1 Å². The lowest BCUT2D eigenvalue weighted by molar-refractivity contribution is -0.00478. The molecule has 28 heavy (non-hydrogen) atoms. The number of imidazole rings is 1. The number of rotatable bonds is 6. The van der Waals surface area contributed by atoms with Gasteiger partial charge in [0.05, 0.1) is 17.3 Å². The topological polar surface area (TPSA) is 126 Å². The Hall–Kier alpha value is -3.46. The van der Waals surface area contributed by atoms with E-state index in [9.17, 15) is 19.2 Å². The fourth-order valence-corrected chi connectivity index (χ4v) is 2.69. The number of amides is 5. The van der Waals surface area contributed by atoms with Gasteiger partial charge in [0.25, 0.3) is 11.8 Å². The molecule has 11 nitrogen and oxygen atoms in total. The van der Waals surface area contributed by atoms with Gasteiger partial charge in [-0.2, -0.15) is 9.74 Å². The minimum absolute atomic E-state index is 0.0455. The van der Waals surface area contributed by atoms with Crippen molar-refractivity contribution in [3.63, 3.8) is 0 Å². The first kappa shape index (κ1) is 19.3. The van der Waals surface area contributed by atoms with Crippen molar-refractivity contribution >= 4 is 33.3 Å². The molecule has 0 radical (unpaired) electrons. The average molecular weight is 404 g/mol. The molecule has 1 unspecified atom stereocenters. The highest BCUT2D eigenvalue weighted by Crippen LogP contribution is 2.24. The second kappa shape index (κ2) is 8.49. The third-order valence-corrected chi connectivity index (χ3v) is 4.11. The number of imide groups is 1. The zero-order valence-electron chi connectivity index (χ0n) is 14.6. The van der Waals surface area contributed by atoms with Gasteiger partial charge in [0.15, 0.2) is 0 Å². The van der Waals surface area contributed by atoms with Crippen LogP contribution in [0.2, 0.25) is 0 Å². The Kier molecular flexibility index (Phi) is 5.85. The number of carbonyl (C=O) groups excluding carboxylic acids is 4. The number of benzene rings is 1. The molecule has 0 spiro atoms. The molecule has 1 aromatic carbocycles. The zero-order chi connectivity index (χ0) is 20.1. The van der Waals surface area contributed by atoms with Gasteiger partial charge >= 0.3 is 12.1 Å². The minimum atomic E-state index is -0.942. The van der Waals surface area contributed by atoms with Crippen LogP contribution in [0.3, 0.4) is 0 Å². The van der Waals surface area contributed by atoms with E-state index < -0.39 is 23.9 Å². The summed E-state index contributed by atoms with van der Waals surface area (Å²) in [4.78, 5) is 58.1. The number of hydrogen-bond donors (Lipinski definition) is 2. The predicted octanol–water partition coefficient (Wildman–Crippen LogP) is 0.424. The summed E-state index contributed by atoms with van der Waals surface area (Å²) in [5.41, 5.74) is 0.405. The summed E-state index contributed by atoms with van der Waals surface area (Å²) < 4.78 is 1.05. The molecule has 146 valence electrons. The van der Waals surface area contributed by atoms with E-state index >= 15 is 0 Å². The van der Waals surface area contributed by atoms with E-state index in [0.717, 1.165) is 14.7 Å². The molecule has 0 saturated carbocycles. The Labute approximate surface area is 161 Å². The molecule has 0 bridgehead atoms. The van der Waals surface area contributed by atoms with Crippen LogP contribution in [0.5, 0.6) is 0 Å². The van der Waals surface area contributed by atoms with E-state index in [1.807, 2.05) is 0 Å². The number of fused-ring (bicyclic) bond motifs is 1. The molecule has 2 aromatic rings. The number of nitrogens with zero attached hydrogens (tertiary/aromatic N) is 4. The van der Waals surface area contributed by atoms with E-state index in [1.165, 1.54) is 30.9 Å². The molecule has 1 atom stereocenters. The standard InChI is InChI=1S/C16H17N6O5P/c23-13-11-4-1-2-5-12(11)14(24)22(13)21(8-3-6-18-15(25)19-28)16(26)27-20-9-7-17-10-20/h1-2,4-5,7,9-10H,3,6,8,28H2,(H2,18,19,25). The average Bonchev–Trinajstić information content (AvgIpc) is 3.29. The summed E-state index contributed by atoms with van der Waals surface area (Å²) >= 11 is 0. The minimum Gasteiger partial charge on any atom is -0.338 e. The first-order valence-electron chi connectivity index (χ1n) is 8.23. The molecule has 1 aliphatic rings. The Morgan fingerprint density at radius 1 is 1.18 bits per heavy atom. The van der Waals surface area contributed by atoms with Crippen molar-refractivity contribution in [2.75, 3.05) is 13.1 Å². The summed E-state index contributed by atoms with van der Waals surface area (Å²) in [5, 5.41) is 6.53. The van der Waals surface area contributed by atoms with Gasteiger partial charge < -0.3 is 15.2 Å². The number of urea groups is 1. The van der Waals surface area contributed by atoms with Crippen LogP contribution in [0.25, 0.3) is 0 Å². The van der Waals surface area contributed by atoms with Crippen LogP contribution in [0.4, 0.5) is 9.59 Å². The van der Waals surface area contributed by atoms with Crippen molar-refractivity contribution in [3.8, 4) is 0 Å². The Balaban J connectivity index is 1.77. The fraction of sp³-hybridized carbons (Fsp3) is 0.188. The quantitative estimate of drug-likeness (QED) is 0.408. The van der Waals surface area contributed by atoms with Crippen LogP contribution in [0, 0.1) is 0 Å². The number of nitrogens with one attached hydrogen (secondary N) is 2. The first-order valence-corrected chi connectivity index (χ1v) is 8.80. The first-order chi connectivity index (χ1) is 13.5. The second-order valence-electron chi connectivity index (χ2n) is 5.62. The maximum Gasteiger partial charge on any atom is 0.454 e. The van der Waals surface area contributed by atoms with Gasteiger partial charge in [-0.25, -0.2) is 19.6 Å². The highest BCUT2D eigenvalue weighted by molar-refractivity contribution is 7.15. The summed E-state index contributed by atoms with van der Waals surface area (Å²) in [6, 6.07) is 5.87. The van der Waals surface area contributed by atoms with Crippen LogP contribution < -0.4 is 15.2 Å². The molecule has 12 heteroatoms. The molecular weight excluding hydrogens is 387 g/mol. The van der Waals surface area contributed by atoms with Crippen molar-refractivity contribution in [2.24, 2.45) is 0 Å². The molecule has 1 aliphatic heterocycles. The van der Waals surface area contributed by atoms with E-state index in [-0.39, 0.29) is 30.6 Å². The summed E-state index contributed by atoms with van der Waals surface area (Å²) in [6.07, 6.45) is 3.38. The Morgan fingerprint density at radius 3 is 2.43 bits per heavy atom. The van der Waals surface area contributed by atoms with Gasteiger partial charge in [0, 0.05) is 19.3 Å². The lowest BCUT2D eigenvalue weighted by Gasteiger charge is -2.28. The molecule has 2 N–H and O–H groups in total. The third-order valence-electron chi connectivity index (χ3n) is 3.85. The maximum atomic E-state index is 12.7. The zero-order valence-corrected chi connectivity index (χ0v) is 15.7. The molecule has 3 rings (SSSR count). The monoisotopic (exact) mass is 404 g/mol. The van der Waals surface area contributed by atoms with Gasteiger partial charge in [-0.05, 0) is 27.9 Å². The van der Waals surface area contributed by atoms with Crippen molar-refractivity contribution in [3.05, 3.63) is 54.1 Å². The van der Waals surface area contributed by atoms with Crippen molar-refractivity contribution in [2.45, 2.75) is 6.42 Å². The molecule has 5 amide bonds. The van der Waals surface area contributed by atoms with E-state index in [1.54, 1.807) is 12.1 Å². The van der Waals surface area contributed by atoms with Crippen LogP contribution >= 0.6 is 9.39 Å². The molecule has 0 fully saturated rings. The maximum absolute atomic E-state index is 12.7. The van der Waals surface area contributed by atoms with E-state index in [4.69, 9.17) is 4.84 Å². The second-order valence-corrected chi connectivity index (χ2v) is 5.91. The smallest absolute Gasteiger partial charge is 0.338 e. The SMILES string of the molecule is O=C(NP)NCCCN(C(=O)On1ccnc1)N1C(=O)c2ccccc2C1=O. The lowest BCUT2D eigenvalue weighted by atomic mass is 10.1. The third kappa shape index (κ3) is 3.94. The lowest BCUT2D eigenvalue weighted by Crippen LogP contribution is -2.52. The molecule has 2 heterocycles. The van der Waals surface area contributed by atoms with Gasteiger partial charge in [0.1, 0.15) is 6.33 Å².